The van der Waals surface area contributed by atoms with E-state index >= 15 is 0 Å². The lowest BCUT2D eigenvalue weighted by atomic mass is 10.3. The lowest BCUT2D eigenvalue weighted by Crippen LogP contribution is -2.27. The monoisotopic (exact) mass is 246 g/mol. The van der Waals surface area contributed by atoms with Gasteiger partial charge in [-0.25, -0.2) is 4.98 Å². The van der Waals surface area contributed by atoms with Crippen LogP contribution in [0.25, 0.3) is 0 Å². The van der Waals surface area contributed by atoms with Crippen molar-refractivity contribution in [2.24, 2.45) is 0 Å². The molecule has 7 heteroatoms. The molecule has 2 N–H and O–H groups in total. The predicted molar refractivity (Wildman–Crippen MR) is 57.5 cm³/mol. The van der Waals surface area contributed by atoms with Crippen molar-refractivity contribution >= 4 is 11.8 Å². The van der Waals surface area contributed by atoms with Crippen molar-refractivity contribution in [2.45, 2.75) is 32.0 Å². The van der Waals surface area contributed by atoms with E-state index in [0.717, 1.165) is 18.9 Å². The number of anilines is 2. The molecular formula is C10H13F3N4. The van der Waals surface area contributed by atoms with Crippen molar-refractivity contribution in [1.29, 1.82) is 0 Å². The summed E-state index contributed by atoms with van der Waals surface area (Å²) in [6.45, 7) is 2.49. The Bertz CT molecular complexity index is 415. The quantitative estimate of drug-likeness (QED) is 0.887. The van der Waals surface area contributed by atoms with Gasteiger partial charge in [-0.15, -0.1) is 0 Å². The van der Waals surface area contributed by atoms with Crippen LogP contribution >= 0.6 is 0 Å². The number of nitrogens with zero attached hydrogens (tertiary/aromatic N) is 3. The molecule has 0 spiro atoms. The van der Waals surface area contributed by atoms with Crippen LogP contribution in [0.1, 0.15) is 25.5 Å². The second-order valence-corrected chi connectivity index (χ2v) is 3.98. The molecule has 0 amide bonds. The van der Waals surface area contributed by atoms with Crippen LogP contribution in [0.4, 0.5) is 24.9 Å². The molecule has 1 aromatic rings. The Kier molecular flexibility index (Phi) is 2.84. The second kappa shape index (κ2) is 4.05. The number of nitrogens with two attached hydrogens (primary N) is 1. The first-order chi connectivity index (χ1) is 7.91. The average molecular weight is 246 g/mol. The third-order valence-electron chi connectivity index (χ3n) is 2.64. The van der Waals surface area contributed by atoms with E-state index in [1.807, 2.05) is 11.8 Å². The number of nitrogen functional groups attached to an aromatic ring is 1. The maximum Gasteiger partial charge on any atom is 0.433 e. The maximum absolute atomic E-state index is 12.6. The molecule has 1 heterocycles. The van der Waals surface area contributed by atoms with Gasteiger partial charge >= 0.3 is 6.18 Å². The minimum Gasteiger partial charge on any atom is -0.368 e. The molecule has 2 rings (SSSR count). The lowest BCUT2D eigenvalue weighted by molar-refractivity contribution is -0.141. The SMILES string of the molecule is CCN(c1cc(C(F)(F)F)nc(N)n1)C1CC1. The van der Waals surface area contributed by atoms with Crippen LogP contribution in [0, 0.1) is 0 Å². The summed E-state index contributed by atoms with van der Waals surface area (Å²) in [4.78, 5) is 8.92. The van der Waals surface area contributed by atoms with Crippen molar-refractivity contribution in [3.8, 4) is 0 Å². The highest BCUT2D eigenvalue weighted by molar-refractivity contribution is 5.46. The van der Waals surface area contributed by atoms with E-state index in [1.54, 1.807) is 0 Å². The molecular weight excluding hydrogens is 233 g/mol. The van der Waals surface area contributed by atoms with E-state index in [2.05, 4.69) is 9.97 Å². The summed E-state index contributed by atoms with van der Waals surface area (Å²) in [5.41, 5.74) is 4.33. The van der Waals surface area contributed by atoms with Gasteiger partial charge in [-0.05, 0) is 19.8 Å². The Balaban J connectivity index is 2.36. The molecule has 1 aliphatic carbocycles. The fourth-order valence-corrected chi connectivity index (χ4v) is 1.74. The van der Waals surface area contributed by atoms with E-state index in [-0.39, 0.29) is 17.8 Å². The van der Waals surface area contributed by atoms with E-state index in [9.17, 15) is 13.2 Å². The zero-order chi connectivity index (χ0) is 12.6. The van der Waals surface area contributed by atoms with Crippen molar-refractivity contribution in [2.75, 3.05) is 17.2 Å². The molecule has 1 aliphatic rings. The second-order valence-electron chi connectivity index (χ2n) is 3.98. The van der Waals surface area contributed by atoms with Crippen LogP contribution in [-0.4, -0.2) is 22.6 Å². The topological polar surface area (TPSA) is 55.0 Å². The molecule has 1 aromatic heterocycles. The van der Waals surface area contributed by atoms with E-state index in [0.29, 0.717) is 6.54 Å². The van der Waals surface area contributed by atoms with Crippen LogP contribution in [-0.2, 0) is 6.18 Å². The van der Waals surface area contributed by atoms with E-state index in [1.165, 1.54) is 0 Å². The van der Waals surface area contributed by atoms with Gasteiger partial charge in [-0.3, -0.25) is 0 Å². The number of rotatable bonds is 3. The third-order valence-corrected chi connectivity index (χ3v) is 2.64. The lowest BCUT2D eigenvalue weighted by Gasteiger charge is -2.22. The number of halogens is 3. The van der Waals surface area contributed by atoms with Gasteiger partial charge in [-0.1, -0.05) is 0 Å². The molecule has 1 fully saturated rings. The predicted octanol–water partition coefficient (Wildman–Crippen LogP) is 2.07. The molecule has 0 aromatic carbocycles. The van der Waals surface area contributed by atoms with Crippen molar-refractivity contribution in [1.82, 2.24) is 9.97 Å². The van der Waals surface area contributed by atoms with Crippen LogP contribution in [0.15, 0.2) is 6.07 Å². The van der Waals surface area contributed by atoms with Gasteiger partial charge in [-0.2, -0.15) is 18.2 Å². The summed E-state index contributed by atoms with van der Waals surface area (Å²) in [7, 11) is 0. The van der Waals surface area contributed by atoms with Crippen molar-refractivity contribution in [3.63, 3.8) is 0 Å². The molecule has 17 heavy (non-hydrogen) atoms. The summed E-state index contributed by atoms with van der Waals surface area (Å²) in [5, 5.41) is 0. The third kappa shape index (κ3) is 2.59. The molecule has 4 nitrogen and oxygen atoms in total. The van der Waals surface area contributed by atoms with E-state index < -0.39 is 11.9 Å². The van der Waals surface area contributed by atoms with Gasteiger partial charge in [0.05, 0.1) is 0 Å². The number of aromatic nitrogens is 2. The first-order valence-corrected chi connectivity index (χ1v) is 5.40. The molecule has 0 radical (unpaired) electrons. The number of hydrogen-bond donors (Lipinski definition) is 1. The van der Waals surface area contributed by atoms with Gasteiger partial charge in [0.2, 0.25) is 5.95 Å². The fourth-order valence-electron chi connectivity index (χ4n) is 1.74. The highest BCUT2D eigenvalue weighted by Gasteiger charge is 2.35. The summed E-state index contributed by atoms with van der Waals surface area (Å²) < 4.78 is 37.7. The van der Waals surface area contributed by atoms with Crippen molar-refractivity contribution < 1.29 is 13.2 Å². The minimum absolute atomic E-state index is 0.259. The summed E-state index contributed by atoms with van der Waals surface area (Å²) >= 11 is 0. The van der Waals surface area contributed by atoms with Crippen LogP contribution in [0.2, 0.25) is 0 Å². The molecule has 0 saturated heterocycles. The molecule has 1 saturated carbocycles. The Morgan fingerprint density at radius 2 is 2.06 bits per heavy atom. The number of alkyl halides is 3. The first kappa shape index (κ1) is 11.9. The number of hydrogen-bond acceptors (Lipinski definition) is 4. The van der Waals surface area contributed by atoms with E-state index in [4.69, 9.17) is 5.73 Å². The Morgan fingerprint density at radius 3 is 2.53 bits per heavy atom. The Morgan fingerprint density at radius 1 is 1.41 bits per heavy atom. The van der Waals surface area contributed by atoms with Gasteiger partial charge in [0.25, 0.3) is 0 Å². The zero-order valence-electron chi connectivity index (χ0n) is 9.33. The van der Waals surface area contributed by atoms with Crippen LogP contribution in [0.3, 0.4) is 0 Å². The molecule has 94 valence electrons. The summed E-state index contributed by atoms with van der Waals surface area (Å²) in [6, 6.07) is 1.24. The standard InChI is InChI=1S/C10H13F3N4/c1-2-17(6-3-4-6)8-5-7(10(11,12)13)15-9(14)16-8/h5-6H,2-4H2,1H3,(H2,14,15,16). The van der Waals surface area contributed by atoms with Gasteiger partial charge in [0, 0.05) is 18.7 Å². The summed E-state index contributed by atoms with van der Waals surface area (Å²) in [6.07, 6.45) is -2.52. The summed E-state index contributed by atoms with van der Waals surface area (Å²) in [5.74, 6) is -0.0799. The normalized spacial score (nSPS) is 16.0. The van der Waals surface area contributed by atoms with Gasteiger partial charge in [0.15, 0.2) is 5.69 Å². The minimum atomic E-state index is -4.49. The smallest absolute Gasteiger partial charge is 0.368 e. The van der Waals surface area contributed by atoms with Gasteiger partial charge < -0.3 is 10.6 Å². The zero-order valence-corrected chi connectivity index (χ0v) is 9.33. The molecule has 0 aliphatic heterocycles. The molecule has 0 bridgehead atoms. The first-order valence-electron chi connectivity index (χ1n) is 5.40. The molecule has 0 atom stereocenters. The highest BCUT2D eigenvalue weighted by atomic mass is 19.4. The highest BCUT2D eigenvalue weighted by Crippen LogP contribution is 2.34. The Hall–Kier alpha value is -1.53. The molecule has 0 unspecified atom stereocenters. The fraction of sp³-hybridized carbons (Fsp3) is 0.600. The van der Waals surface area contributed by atoms with Crippen LogP contribution in [0.5, 0.6) is 0 Å². The largest absolute Gasteiger partial charge is 0.433 e. The average Bonchev–Trinajstić information content (AvgIpc) is 3.01. The van der Waals surface area contributed by atoms with Gasteiger partial charge in [0.1, 0.15) is 5.82 Å². The van der Waals surface area contributed by atoms with Crippen LogP contribution < -0.4 is 10.6 Å². The maximum atomic E-state index is 12.6. The van der Waals surface area contributed by atoms with Crippen molar-refractivity contribution in [3.05, 3.63) is 11.8 Å². The Labute approximate surface area is 96.7 Å².